The molecule has 0 spiro atoms. The Balaban J connectivity index is 2.42. The number of hydrogen-bond acceptors (Lipinski definition) is 6. The van der Waals surface area contributed by atoms with Gasteiger partial charge >= 0.3 is 17.9 Å². The van der Waals surface area contributed by atoms with E-state index in [-0.39, 0.29) is 6.61 Å². The maximum absolute atomic E-state index is 12.0. The Hall–Kier alpha value is -2.37. The molecule has 3 atom stereocenters. The second-order valence-electron chi connectivity index (χ2n) is 5.05. The third-order valence-corrected chi connectivity index (χ3v) is 3.62. The Kier molecular flexibility index (Phi) is 4.80. The summed E-state index contributed by atoms with van der Waals surface area (Å²) in [6.07, 6.45) is -1.14. The molecule has 0 aliphatic carbocycles. The van der Waals surface area contributed by atoms with E-state index < -0.39 is 35.8 Å². The van der Waals surface area contributed by atoms with Crippen molar-refractivity contribution in [3.63, 3.8) is 0 Å². The lowest BCUT2D eigenvalue weighted by atomic mass is 9.83. The van der Waals surface area contributed by atoms with Gasteiger partial charge in [0.15, 0.2) is 5.92 Å². The second kappa shape index (κ2) is 6.60. The third-order valence-electron chi connectivity index (χ3n) is 3.62. The molecule has 1 heterocycles. The summed E-state index contributed by atoms with van der Waals surface area (Å²) in [6.45, 7) is 3.74. The third kappa shape index (κ3) is 2.95. The minimum Gasteiger partial charge on any atom is -0.468 e. The van der Waals surface area contributed by atoms with Gasteiger partial charge in [0.1, 0.15) is 0 Å². The smallest absolute Gasteiger partial charge is 0.348 e. The Morgan fingerprint density at radius 1 is 1.18 bits per heavy atom. The molecule has 1 aromatic rings. The van der Waals surface area contributed by atoms with Gasteiger partial charge in [0.2, 0.25) is 6.10 Å². The zero-order valence-corrected chi connectivity index (χ0v) is 12.7. The summed E-state index contributed by atoms with van der Waals surface area (Å²) in [5.41, 5.74) is 1.68. The maximum Gasteiger partial charge on any atom is 0.348 e. The molecule has 2 rings (SSSR count). The molecule has 1 aromatic carbocycles. The predicted octanol–water partition coefficient (Wildman–Crippen LogP) is 1.36. The van der Waals surface area contributed by atoms with E-state index in [1.165, 1.54) is 7.11 Å². The van der Waals surface area contributed by atoms with Crippen LogP contribution in [0.15, 0.2) is 24.3 Å². The van der Waals surface area contributed by atoms with Crippen molar-refractivity contribution >= 4 is 17.9 Å². The lowest BCUT2D eigenvalue weighted by molar-refractivity contribution is -0.163. The van der Waals surface area contributed by atoms with E-state index in [0.717, 1.165) is 5.56 Å². The van der Waals surface area contributed by atoms with Crippen molar-refractivity contribution in [2.45, 2.75) is 25.9 Å². The van der Waals surface area contributed by atoms with Gasteiger partial charge in [-0.15, -0.1) is 0 Å². The number of esters is 3. The van der Waals surface area contributed by atoms with Crippen LogP contribution >= 0.6 is 0 Å². The number of benzene rings is 1. The van der Waals surface area contributed by atoms with Gasteiger partial charge in [-0.1, -0.05) is 29.8 Å². The molecule has 1 fully saturated rings. The van der Waals surface area contributed by atoms with Gasteiger partial charge in [-0.2, -0.15) is 0 Å². The van der Waals surface area contributed by atoms with E-state index in [2.05, 4.69) is 4.74 Å². The molecule has 1 saturated heterocycles. The van der Waals surface area contributed by atoms with E-state index in [1.54, 1.807) is 19.1 Å². The molecule has 0 aromatic heterocycles. The van der Waals surface area contributed by atoms with Crippen LogP contribution in [0, 0.1) is 12.8 Å². The summed E-state index contributed by atoms with van der Waals surface area (Å²) in [4.78, 5) is 36.0. The lowest BCUT2D eigenvalue weighted by Gasteiger charge is -2.19. The van der Waals surface area contributed by atoms with Gasteiger partial charge in [0.25, 0.3) is 0 Å². The number of ether oxygens (including phenoxy) is 3. The summed E-state index contributed by atoms with van der Waals surface area (Å²) >= 11 is 0. The number of methoxy groups -OCH3 is 1. The highest BCUT2D eigenvalue weighted by Crippen LogP contribution is 2.38. The van der Waals surface area contributed by atoms with Gasteiger partial charge < -0.3 is 14.2 Å². The fourth-order valence-corrected chi connectivity index (χ4v) is 2.54. The molecule has 6 heteroatoms. The number of carbonyl (C=O) groups excluding carboxylic acids is 3. The van der Waals surface area contributed by atoms with Crippen LogP contribution in [0.5, 0.6) is 0 Å². The van der Waals surface area contributed by atoms with Gasteiger partial charge in [0, 0.05) is 0 Å². The largest absolute Gasteiger partial charge is 0.468 e. The predicted molar refractivity (Wildman–Crippen MR) is 75.9 cm³/mol. The number of cyclic esters (lactones) is 1. The zero-order valence-electron chi connectivity index (χ0n) is 12.7. The molecule has 0 unspecified atom stereocenters. The Morgan fingerprint density at radius 2 is 1.82 bits per heavy atom. The van der Waals surface area contributed by atoms with Crippen LogP contribution in [0.3, 0.4) is 0 Å². The number of carbonyl (C=O) groups is 3. The number of hydrogen-bond donors (Lipinski definition) is 0. The molecule has 0 amide bonds. The van der Waals surface area contributed by atoms with E-state index in [9.17, 15) is 14.4 Å². The van der Waals surface area contributed by atoms with Crippen LogP contribution in [0.2, 0.25) is 0 Å². The van der Waals surface area contributed by atoms with Gasteiger partial charge in [-0.05, 0) is 19.4 Å². The van der Waals surface area contributed by atoms with Crippen molar-refractivity contribution < 1.29 is 28.6 Å². The molecular formula is C16H18O6. The minimum atomic E-state index is -1.16. The highest BCUT2D eigenvalue weighted by Gasteiger charge is 2.53. The average Bonchev–Trinajstić information content (AvgIpc) is 2.85. The van der Waals surface area contributed by atoms with Crippen LogP contribution < -0.4 is 0 Å². The highest BCUT2D eigenvalue weighted by atomic mass is 16.6. The molecule has 22 heavy (non-hydrogen) atoms. The van der Waals surface area contributed by atoms with Crippen LogP contribution in [-0.2, 0) is 28.6 Å². The Labute approximate surface area is 128 Å². The molecule has 118 valence electrons. The number of rotatable bonds is 4. The first-order valence-corrected chi connectivity index (χ1v) is 7.01. The van der Waals surface area contributed by atoms with Crippen LogP contribution in [0.25, 0.3) is 0 Å². The maximum atomic E-state index is 12.0. The van der Waals surface area contributed by atoms with E-state index in [1.807, 2.05) is 19.1 Å². The van der Waals surface area contributed by atoms with E-state index in [4.69, 9.17) is 9.47 Å². The molecule has 6 nitrogen and oxygen atoms in total. The van der Waals surface area contributed by atoms with Crippen molar-refractivity contribution in [2.24, 2.45) is 5.92 Å². The fraction of sp³-hybridized carbons (Fsp3) is 0.438. The summed E-state index contributed by atoms with van der Waals surface area (Å²) in [6, 6.07) is 7.22. The first-order chi connectivity index (χ1) is 10.5. The zero-order chi connectivity index (χ0) is 16.3. The molecular weight excluding hydrogens is 288 g/mol. The van der Waals surface area contributed by atoms with Crippen LogP contribution in [-0.4, -0.2) is 37.7 Å². The van der Waals surface area contributed by atoms with Crippen LogP contribution in [0.4, 0.5) is 0 Å². The van der Waals surface area contributed by atoms with E-state index in [0.29, 0.717) is 5.56 Å². The van der Waals surface area contributed by atoms with Crippen molar-refractivity contribution in [3.05, 3.63) is 35.4 Å². The normalized spacial score (nSPS) is 23.8. The standard InChI is InChI=1S/C16H18O6/c1-4-21-16(19)13-11(10-7-5-9(2)6-8-10)12(14(17)20-3)15(18)22-13/h5-8,11-13H,4H2,1-3H3/t11-,12+,13+/m0/s1. The Morgan fingerprint density at radius 3 is 2.36 bits per heavy atom. The summed E-state index contributed by atoms with van der Waals surface area (Å²) in [7, 11) is 1.19. The first-order valence-electron chi connectivity index (χ1n) is 7.01. The molecule has 0 radical (unpaired) electrons. The molecule has 1 aliphatic rings. The Bertz CT molecular complexity index is 577. The van der Waals surface area contributed by atoms with Crippen molar-refractivity contribution in [3.8, 4) is 0 Å². The van der Waals surface area contributed by atoms with Crippen LogP contribution in [0.1, 0.15) is 24.0 Å². The first kappa shape index (κ1) is 16.0. The van der Waals surface area contributed by atoms with Crippen molar-refractivity contribution in [1.29, 1.82) is 0 Å². The topological polar surface area (TPSA) is 78.9 Å². The number of aryl methyl sites for hydroxylation is 1. The monoisotopic (exact) mass is 306 g/mol. The summed E-state index contributed by atoms with van der Waals surface area (Å²) in [5, 5.41) is 0. The molecule has 0 bridgehead atoms. The van der Waals surface area contributed by atoms with Gasteiger partial charge in [-0.25, -0.2) is 4.79 Å². The highest BCUT2D eigenvalue weighted by molar-refractivity contribution is 6.00. The molecule has 1 aliphatic heterocycles. The lowest BCUT2D eigenvalue weighted by Crippen LogP contribution is -2.32. The molecule has 0 saturated carbocycles. The summed E-state index contributed by atoms with van der Waals surface area (Å²) < 4.78 is 14.7. The van der Waals surface area contributed by atoms with Gasteiger partial charge in [0.05, 0.1) is 19.6 Å². The summed E-state index contributed by atoms with van der Waals surface area (Å²) in [5.74, 6) is -4.06. The van der Waals surface area contributed by atoms with Crippen molar-refractivity contribution in [1.82, 2.24) is 0 Å². The minimum absolute atomic E-state index is 0.163. The second-order valence-corrected chi connectivity index (χ2v) is 5.05. The molecule has 0 N–H and O–H groups in total. The van der Waals surface area contributed by atoms with E-state index >= 15 is 0 Å². The van der Waals surface area contributed by atoms with Gasteiger partial charge in [-0.3, -0.25) is 9.59 Å². The quantitative estimate of drug-likeness (QED) is 0.475. The van der Waals surface area contributed by atoms with Crippen molar-refractivity contribution in [2.75, 3.05) is 13.7 Å². The fourth-order valence-electron chi connectivity index (χ4n) is 2.54. The average molecular weight is 306 g/mol. The SMILES string of the molecule is CCOC(=O)[C@@H]1OC(=O)[C@@H](C(=O)OC)[C@@H]1c1ccc(C)cc1.